The van der Waals surface area contributed by atoms with Gasteiger partial charge in [0, 0.05) is 24.4 Å². The van der Waals surface area contributed by atoms with Gasteiger partial charge in [0.15, 0.2) is 0 Å². The molecule has 0 saturated heterocycles. The predicted molar refractivity (Wildman–Crippen MR) is 72.3 cm³/mol. The molecule has 0 aromatic heterocycles. The zero-order valence-electron chi connectivity index (χ0n) is 10.7. The van der Waals surface area contributed by atoms with Crippen LogP contribution in [-0.2, 0) is 0 Å². The molecule has 17 heavy (non-hydrogen) atoms. The van der Waals surface area contributed by atoms with Crippen LogP contribution >= 0.6 is 11.8 Å². The molecule has 0 radical (unpaired) electrons. The summed E-state index contributed by atoms with van der Waals surface area (Å²) < 4.78 is 0. The van der Waals surface area contributed by atoms with Gasteiger partial charge in [0.05, 0.1) is 0 Å². The molecule has 1 rings (SSSR count). The lowest BCUT2D eigenvalue weighted by Crippen LogP contribution is -2.44. The highest BCUT2D eigenvalue weighted by Gasteiger charge is 2.37. The number of urea groups is 1. The molecule has 3 N–H and O–H groups in total. The monoisotopic (exact) mass is 260 g/mol. The van der Waals surface area contributed by atoms with Crippen LogP contribution in [0.3, 0.4) is 0 Å². The lowest BCUT2D eigenvalue weighted by Gasteiger charge is -2.17. The molecule has 2 amide bonds. The second kappa shape index (κ2) is 7.82. The Bertz CT molecular complexity index is 233. The van der Waals surface area contributed by atoms with Crippen molar-refractivity contribution in [3.63, 3.8) is 0 Å². The molecule has 3 atom stereocenters. The second-order valence-corrected chi connectivity index (χ2v) is 5.58. The largest absolute Gasteiger partial charge is 0.396 e. The molecule has 100 valence electrons. The summed E-state index contributed by atoms with van der Waals surface area (Å²) in [6, 6.07) is 0.360. The van der Waals surface area contributed by atoms with Gasteiger partial charge in [0.25, 0.3) is 0 Å². The van der Waals surface area contributed by atoms with Gasteiger partial charge in [-0.05, 0) is 31.4 Å². The number of rotatable bonds is 8. The summed E-state index contributed by atoms with van der Waals surface area (Å²) in [6.45, 7) is 2.29. The number of nitrogens with one attached hydrogen (secondary N) is 2. The fourth-order valence-electron chi connectivity index (χ4n) is 2.06. The van der Waals surface area contributed by atoms with Crippen LogP contribution in [0.5, 0.6) is 0 Å². The molecule has 0 aromatic carbocycles. The molecule has 1 fully saturated rings. The first kappa shape index (κ1) is 14.6. The first-order valence-electron chi connectivity index (χ1n) is 6.38. The Balaban J connectivity index is 2.19. The molecular weight excluding hydrogens is 236 g/mol. The first-order chi connectivity index (χ1) is 8.21. The maximum Gasteiger partial charge on any atom is 0.315 e. The van der Waals surface area contributed by atoms with E-state index in [1.54, 1.807) is 11.8 Å². The summed E-state index contributed by atoms with van der Waals surface area (Å²) in [5.41, 5.74) is 0. The fraction of sp³-hybridized carbons (Fsp3) is 0.917. The zero-order valence-corrected chi connectivity index (χ0v) is 11.6. The number of carbonyl (C=O) groups excluding carboxylic acids is 1. The Morgan fingerprint density at radius 1 is 1.59 bits per heavy atom. The third kappa shape index (κ3) is 5.64. The summed E-state index contributed by atoms with van der Waals surface area (Å²) in [5.74, 6) is 1.53. The number of thioether (sulfide) groups is 1. The zero-order chi connectivity index (χ0) is 12.7. The van der Waals surface area contributed by atoms with Crippen LogP contribution in [0.1, 0.15) is 32.6 Å². The SMILES string of the molecule is CCCC1CC1NC(=O)NC(CCO)CSC. The number of aliphatic hydroxyl groups excluding tert-OH is 1. The summed E-state index contributed by atoms with van der Waals surface area (Å²) in [7, 11) is 0. The quantitative estimate of drug-likeness (QED) is 0.621. The minimum absolute atomic E-state index is 0.0679. The summed E-state index contributed by atoms with van der Waals surface area (Å²) in [4.78, 5) is 11.7. The highest BCUT2D eigenvalue weighted by atomic mass is 32.2. The van der Waals surface area contributed by atoms with Crippen molar-refractivity contribution in [3.05, 3.63) is 0 Å². The van der Waals surface area contributed by atoms with E-state index >= 15 is 0 Å². The van der Waals surface area contributed by atoms with E-state index in [9.17, 15) is 4.79 Å². The smallest absolute Gasteiger partial charge is 0.315 e. The average Bonchev–Trinajstić information content (AvgIpc) is 2.97. The molecule has 0 spiro atoms. The fourth-order valence-corrected chi connectivity index (χ4v) is 2.72. The average molecular weight is 260 g/mol. The van der Waals surface area contributed by atoms with Gasteiger partial charge in [-0.15, -0.1) is 0 Å². The molecule has 0 aromatic rings. The van der Waals surface area contributed by atoms with Crippen LogP contribution in [0, 0.1) is 5.92 Å². The van der Waals surface area contributed by atoms with E-state index in [0.717, 1.165) is 12.2 Å². The van der Waals surface area contributed by atoms with E-state index in [1.807, 2.05) is 6.26 Å². The maximum atomic E-state index is 11.7. The molecule has 5 heteroatoms. The van der Waals surface area contributed by atoms with Crippen molar-refractivity contribution in [2.75, 3.05) is 18.6 Å². The van der Waals surface area contributed by atoms with Crippen molar-refractivity contribution in [1.82, 2.24) is 10.6 Å². The summed E-state index contributed by atoms with van der Waals surface area (Å²) in [5, 5.41) is 14.8. The van der Waals surface area contributed by atoms with Crippen molar-refractivity contribution in [2.45, 2.75) is 44.7 Å². The van der Waals surface area contributed by atoms with Gasteiger partial charge >= 0.3 is 6.03 Å². The number of carbonyl (C=O) groups is 1. The third-order valence-corrected chi connectivity index (χ3v) is 3.81. The molecule has 1 saturated carbocycles. The summed E-state index contributed by atoms with van der Waals surface area (Å²) >= 11 is 1.68. The summed E-state index contributed by atoms with van der Waals surface area (Å²) in [6.07, 6.45) is 6.13. The van der Waals surface area contributed by atoms with Gasteiger partial charge in [-0.1, -0.05) is 13.3 Å². The minimum atomic E-state index is -0.0823. The Kier molecular flexibility index (Phi) is 6.73. The predicted octanol–water partition coefficient (Wildman–Crippen LogP) is 1.59. The highest BCUT2D eigenvalue weighted by molar-refractivity contribution is 7.98. The second-order valence-electron chi connectivity index (χ2n) is 4.67. The first-order valence-corrected chi connectivity index (χ1v) is 7.77. The van der Waals surface area contributed by atoms with E-state index < -0.39 is 0 Å². The van der Waals surface area contributed by atoms with Crippen LogP contribution in [0.15, 0.2) is 0 Å². The van der Waals surface area contributed by atoms with E-state index in [4.69, 9.17) is 5.11 Å². The lowest BCUT2D eigenvalue weighted by molar-refractivity contribution is 0.230. The molecule has 0 bridgehead atoms. The van der Waals surface area contributed by atoms with Gasteiger partial charge in [-0.2, -0.15) is 11.8 Å². The number of hydrogen-bond acceptors (Lipinski definition) is 3. The van der Waals surface area contributed by atoms with Gasteiger partial charge in [0.2, 0.25) is 0 Å². The highest BCUT2D eigenvalue weighted by Crippen LogP contribution is 2.34. The Hall–Kier alpha value is -0.420. The van der Waals surface area contributed by atoms with Crippen molar-refractivity contribution >= 4 is 17.8 Å². The van der Waals surface area contributed by atoms with Crippen molar-refractivity contribution in [1.29, 1.82) is 0 Å². The van der Waals surface area contributed by atoms with E-state index in [0.29, 0.717) is 18.4 Å². The molecule has 0 aliphatic heterocycles. The van der Waals surface area contributed by atoms with Crippen molar-refractivity contribution in [2.24, 2.45) is 5.92 Å². The lowest BCUT2D eigenvalue weighted by atomic mass is 10.2. The number of amides is 2. The topological polar surface area (TPSA) is 61.4 Å². The molecule has 0 heterocycles. The van der Waals surface area contributed by atoms with E-state index in [-0.39, 0.29) is 18.7 Å². The Morgan fingerprint density at radius 2 is 2.35 bits per heavy atom. The van der Waals surface area contributed by atoms with E-state index in [2.05, 4.69) is 17.6 Å². The maximum absolute atomic E-state index is 11.7. The van der Waals surface area contributed by atoms with Crippen LogP contribution in [0.2, 0.25) is 0 Å². The van der Waals surface area contributed by atoms with E-state index in [1.165, 1.54) is 12.8 Å². The van der Waals surface area contributed by atoms with Gasteiger partial charge in [-0.3, -0.25) is 0 Å². The molecule has 4 nitrogen and oxygen atoms in total. The number of aliphatic hydroxyl groups is 1. The van der Waals surface area contributed by atoms with Crippen molar-refractivity contribution < 1.29 is 9.90 Å². The third-order valence-electron chi connectivity index (χ3n) is 3.08. The normalized spacial score (nSPS) is 24.2. The Morgan fingerprint density at radius 3 is 2.94 bits per heavy atom. The number of hydrogen-bond donors (Lipinski definition) is 3. The molecular formula is C12H24N2O2S. The van der Waals surface area contributed by atoms with Gasteiger partial charge in [0.1, 0.15) is 0 Å². The molecule has 3 unspecified atom stereocenters. The molecule has 1 aliphatic rings. The van der Waals surface area contributed by atoms with Gasteiger partial charge < -0.3 is 15.7 Å². The van der Waals surface area contributed by atoms with Crippen LogP contribution in [0.25, 0.3) is 0 Å². The minimum Gasteiger partial charge on any atom is -0.396 e. The van der Waals surface area contributed by atoms with Crippen LogP contribution in [0.4, 0.5) is 4.79 Å². The Labute approximate surface area is 108 Å². The standard InChI is InChI=1S/C12H24N2O2S/c1-3-4-9-7-11(9)14-12(16)13-10(5-6-15)8-17-2/h9-11,15H,3-8H2,1-2H3,(H2,13,14,16). The van der Waals surface area contributed by atoms with Crippen LogP contribution < -0.4 is 10.6 Å². The molecule has 1 aliphatic carbocycles. The van der Waals surface area contributed by atoms with Gasteiger partial charge in [-0.25, -0.2) is 4.79 Å². The van der Waals surface area contributed by atoms with Crippen LogP contribution in [-0.4, -0.2) is 41.8 Å². The van der Waals surface area contributed by atoms with Crippen molar-refractivity contribution in [3.8, 4) is 0 Å².